The first-order valence-corrected chi connectivity index (χ1v) is 11.6. The molecule has 1 atom stereocenters. The van der Waals surface area contributed by atoms with Gasteiger partial charge >= 0.3 is 0 Å². The predicted octanol–water partition coefficient (Wildman–Crippen LogP) is 3.47. The molecule has 5 nitrogen and oxygen atoms in total. The third-order valence-corrected chi connectivity index (χ3v) is 8.28. The molecule has 1 fully saturated rings. The molecule has 1 saturated heterocycles. The third-order valence-electron chi connectivity index (χ3n) is 4.69. The zero-order valence-corrected chi connectivity index (χ0v) is 17.5. The van der Waals surface area contributed by atoms with Crippen molar-refractivity contribution in [3.8, 4) is 0 Å². The van der Waals surface area contributed by atoms with Gasteiger partial charge in [0, 0.05) is 29.5 Å². The fourth-order valence-corrected chi connectivity index (χ4v) is 6.27. The lowest BCUT2D eigenvalue weighted by molar-refractivity contribution is -0.126. The Balaban J connectivity index is 1.55. The molecule has 1 aromatic carbocycles. The number of rotatable bonds is 6. The zero-order valence-electron chi connectivity index (χ0n) is 15.2. The molecule has 3 rings (SSSR count). The van der Waals surface area contributed by atoms with Gasteiger partial charge in [-0.15, -0.1) is 11.3 Å². The number of carbonyl (C=O) groups is 1. The number of halogens is 1. The maximum atomic E-state index is 12.8. The van der Waals surface area contributed by atoms with Gasteiger partial charge in [-0.1, -0.05) is 23.7 Å². The number of nitrogens with one attached hydrogen (secondary N) is 1. The number of amides is 1. The highest BCUT2D eigenvalue weighted by atomic mass is 35.5. The molecule has 1 amide bonds. The van der Waals surface area contributed by atoms with Crippen LogP contribution in [0.4, 0.5) is 0 Å². The lowest BCUT2D eigenvalue weighted by Gasteiger charge is -2.30. The average Bonchev–Trinajstić information content (AvgIpc) is 3.10. The Labute approximate surface area is 169 Å². The number of hydrogen-bond donors (Lipinski definition) is 1. The van der Waals surface area contributed by atoms with E-state index >= 15 is 0 Å². The molecule has 27 heavy (non-hydrogen) atoms. The van der Waals surface area contributed by atoms with E-state index in [2.05, 4.69) is 5.32 Å². The van der Waals surface area contributed by atoms with Crippen LogP contribution in [0, 0.1) is 12.8 Å². The Morgan fingerprint density at radius 1 is 1.26 bits per heavy atom. The molecule has 1 aliphatic heterocycles. The summed E-state index contributed by atoms with van der Waals surface area (Å²) in [4.78, 5) is 13.5. The Hall–Kier alpha value is -1.41. The van der Waals surface area contributed by atoms with Crippen molar-refractivity contribution < 1.29 is 13.2 Å². The number of sulfonamides is 1. The Morgan fingerprint density at radius 2 is 2.00 bits per heavy atom. The summed E-state index contributed by atoms with van der Waals surface area (Å²) in [6.07, 6.45) is 2.12. The fourth-order valence-electron chi connectivity index (χ4n) is 3.18. The van der Waals surface area contributed by atoms with Crippen molar-refractivity contribution in [2.45, 2.75) is 30.4 Å². The maximum absolute atomic E-state index is 12.8. The van der Waals surface area contributed by atoms with Crippen LogP contribution in [-0.4, -0.2) is 38.3 Å². The number of aryl methyl sites for hydroxylation is 1. The summed E-state index contributed by atoms with van der Waals surface area (Å²) < 4.78 is 27.4. The Kier molecular flexibility index (Phi) is 6.57. The van der Waals surface area contributed by atoms with Crippen molar-refractivity contribution in [3.63, 3.8) is 0 Å². The van der Waals surface area contributed by atoms with E-state index < -0.39 is 10.0 Å². The normalized spacial score (nSPS) is 18.4. The minimum Gasteiger partial charge on any atom is -0.355 e. The van der Waals surface area contributed by atoms with Crippen LogP contribution in [0.2, 0.25) is 5.02 Å². The minimum atomic E-state index is -3.52. The summed E-state index contributed by atoms with van der Waals surface area (Å²) in [6.45, 7) is 3.12. The zero-order chi connectivity index (χ0) is 19.4. The molecule has 1 unspecified atom stereocenters. The predicted molar refractivity (Wildman–Crippen MR) is 109 cm³/mol. The van der Waals surface area contributed by atoms with Gasteiger partial charge in [0.25, 0.3) is 10.0 Å². The molecular formula is C19H23ClN2O3S2. The largest absolute Gasteiger partial charge is 0.355 e. The number of piperidine rings is 1. The number of hydrogen-bond acceptors (Lipinski definition) is 4. The van der Waals surface area contributed by atoms with E-state index in [9.17, 15) is 13.2 Å². The molecular weight excluding hydrogens is 404 g/mol. The van der Waals surface area contributed by atoms with Crippen molar-refractivity contribution >= 4 is 38.9 Å². The third kappa shape index (κ3) is 5.10. The highest BCUT2D eigenvalue weighted by molar-refractivity contribution is 7.91. The molecule has 0 spiro atoms. The molecule has 146 valence electrons. The molecule has 1 aliphatic rings. The van der Waals surface area contributed by atoms with Crippen molar-refractivity contribution in [3.05, 3.63) is 51.9 Å². The van der Waals surface area contributed by atoms with Crippen LogP contribution in [0.25, 0.3) is 0 Å². The van der Waals surface area contributed by atoms with Gasteiger partial charge in [-0.05, 0) is 56.0 Å². The molecule has 8 heteroatoms. The van der Waals surface area contributed by atoms with Crippen LogP contribution >= 0.6 is 22.9 Å². The van der Waals surface area contributed by atoms with Crippen molar-refractivity contribution in [2.75, 3.05) is 19.6 Å². The summed E-state index contributed by atoms with van der Waals surface area (Å²) in [5.41, 5.74) is 1.10. The molecule has 0 saturated carbocycles. The van der Waals surface area contributed by atoms with Crippen LogP contribution in [-0.2, 0) is 21.2 Å². The van der Waals surface area contributed by atoms with Gasteiger partial charge in [0.1, 0.15) is 4.21 Å². The minimum absolute atomic E-state index is 0.0776. The highest BCUT2D eigenvalue weighted by Gasteiger charge is 2.33. The van der Waals surface area contributed by atoms with Crippen LogP contribution in [0.5, 0.6) is 0 Å². The molecule has 0 bridgehead atoms. The van der Waals surface area contributed by atoms with Gasteiger partial charge in [0.15, 0.2) is 0 Å². The summed E-state index contributed by atoms with van der Waals surface area (Å²) in [5.74, 6) is -0.383. The van der Waals surface area contributed by atoms with Gasteiger partial charge in [-0.25, -0.2) is 8.42 Å². The molecule has 2 heterocycles. The van der Waals surface area contributed by atoms with Crippen LogP contribution in [0.1, 0.15) is 23.3 Å². The summed E-state index contributed by atoms with van der Waals surface area (Å²) >= 11 is 7.14. The van der Waals surface area contributed by atoms with Crippen molar-refractivity contribution in [1.82, 2.24) is 9.62 Å². The lowest BCUT2D eigenvalue weighted by atomic mass is 9.99. The monoisotopic (exact) mass is 426 g/mol. The maximum Gasteiger partial charge on any atom is 0.252 e. The average molecular weight is 427 g/mol. The van der Waals surface area contributed by atoms with E-state index in [-0.39, 0.29) is 18.4 Å². The van der Waals surface area contributed by atoms with E-state index in [1.165, 1.54) is 15.6 Å². The SMILES string of the molecule is Cc1ccc(S(=O)(=O)N2CCCC(C(=O)NCCc3ccc(Cl)cc3)C2)s1. The standard InChI is InChI=1S/C19H23ClN2O3S2/c1-14-4-9-18(26-14)27(24,25)22-12-2-3-16(13-22)19(23)21-11-10-15-5-7-17(20)8-6-15/h4-9,16H,2-3,10-13H2,1H3,(H,21,23). The first-order valence-electron chi connectivity index (χ1n) is 8.95. The van der Waals surface area contributed by atoms with Gasteiger partial charge < -0.3 is 5.32 Å². The fraction of sp³-hybridized carbons (Fsp3) is 0.421. The molecule has 2 aromatic rings. The molecule has 0 aliphatic carbocycles. The number of benzene rings is 1. The quantitative estimate of drug-likeness (QED) is 0.769. The molecule has 1 N–H and O–H groups in total. The Morgan fingerprint density at radius 3 is 2.67 bits per heavy atom. The summed E-state index contributed by atoms with van der Waals surface area (Å²) in [7, 11) is -3.52. The first-order chi connectivity index (χ1) is 12.9. The summed E-state index contributed by atoms with van der Waals surface area (Å²) in [5, 5.41) is 3.63. The first kappa shape index (κ1) is 20.3. The van der Waals surface area contributed by atoms with E-state index in [1.807, 2.05) is 37.3 Å². The van der Waals surface area contributed by atoms with E-state index in [4.69, 9.17) is 11.6 Å². The second-order valence-electron chi connectivity index (χ2n) is 6.73. The lowest BCUT2D eigenvalue weighted by Crippen LogP contribution is -2.45. The number of thiophene rings is 1. The van der Waals surface area contributed by atoms with Crippen LogP contribution in [0.3, 0.4) is 0 Å². The van der Waals surface area contributed by atoms with Gasteiger partial charge in [0.2, 0.25) is 5.91 Å². The highest BCUT2D eigenvalue weighted by Crippen LogP contribution is 2.28. The smallest absolute Gasteiger partial charge is 0.252 e. The number of carbonyl (C=O) groups excluding carboxylic acids is 1. The second-order valence-corrected chi connectivity index (χ2v) is 10.6. The van der Waals surface area contributed by atoms with Crippen molar-refractivity contribution in [1.29, 1.82) is 0 Å². The van der Waals surface area contributed by atoms with Crippen LogP contribution in [0.15, 0.2) is 40.6 Å². The van der Waals surface area contributed by atoms with Gasteiger partial charge in [-0.3, -0.25) is 4.79 Å². The second kappa shape index (κ2) is 8.73. The Bertz CT molecular complexity index is 894. The van der Waals surface area contributed by atoms with E-state index in [0.29, 0.717) is 41.6 Å². The van der Waals surface area contributed by atoms with Crippen LogP contribution < -0.4 is 5.32 Å². The molecule has 0 radical (unpaired) electrons. The number of nitrogens with zero attached hydrogens (tertiary/aromatic N) is 1. The topological polar surface area (TPSA) is 66.5 Å². The summed E-state index contributed by atoms with van der Waals surface area (Å²) in [6, 6.07) is 11.0. The van der Waals surface area contributed by atoms with Gasteiger partial charge in [0.05, 0.1) is 5.92 Å². The van der Waals surface area contributed by atoms with E-state index in [0.717, 1.165) is 10.4 Å². The van der Waals surface area contributed by atoms with E-state index in [1.54, 1.807) is 6.07 Å². The van der Waals surface area contributed by atoms with Gasteiger partial charge in [-0.2, -0.15) is 4.31 Å². The van der Waals surface area contributed by atoms with Crippen molar-refractivity contribution in [2.24, 2.45) is 5.92 Å². The molecule has 1 aromatic heterocycles.